The lowest BCUT2D eigenvalue weighted by Gasteiger charge is -1.98. The zero-order valence-corrected chi connectivity index (χ0v) is 10.0. The fourth-order valence-electron chi connectivity index (χ4n) is 1.55. The molecule has 0 unspecified atom stereocenters. The Bertz CT molecular complexity index is 551. The van der Waals surface area contributed by atoms with Crippen molar-refractivity contribution in [3.8, 4) is 11.4 Å². The van der Waals surface area contributed by atoms with E-state index in [9.17, 15) is 4.79 Å². The van der Waals surface area contributed by atoms with Gasteiger partial charge >= 0.3 is 0 Å². The number of carbonyl (C=O) groups is 1. The largest absolute Gasteiger partial charge is 0.369 e. The lowest BCUT2D eigenvalue weighted by molar-refractivity contribution is -0.117. The number of hydrogen-bond donors (Lipinski definition) is 2. The van der Waals surface area contributed by atoms with E-state index in [0.717, 1.165) is 11.1 Å². The van der Waals surface area contributed by atoms with Gasteiger partial charge in [-0.25, -0.2) is 0 Å². The monoisotopic (exact) mass is 246 g/mol. The number of nitrogens with one attached hydrogen (secondary N) is 1. The highest BCUT2D eigenvalue weighted by Crippen LogP contribution is 2.19. The molecule has 0 radical (unpaired) electrons. The Morgan fingerprint density at radius 1 is 1.44 bits per heavy atom. The first kappa shape index (κ1) is 12.3. The third kappa shape index (κ3) is 2.92. The van der Waals surface area contributed by atoms with Crippen molar-refractivity contribution in [3.63, 3.8) is 0 Å². The number of nitrogens with zero attached hydrogens (tertiary/aromatic N) is 2. The van der Waals surface area contributed by atoms with E-state index in [1.54, 1.807) is 0 Å². The molecule has 0 spiro atoms. The molecule has 1 aromatic heterocycles. The Hall–Kier alpha value is -2.21. The molecule has 18 heavy (non-hydrogen) atoms. The van der Waals surface area contributed by atoms with Crippen molar-refractivity contribution in [1.29, 1.82) is 0 Å². The number of rotatable bonds is 5. The van der Waals surface area contributed by atoms with Crippen LogP contribution in [0.3, 0.4) is 0 Å². The van der Waals surface area contributed by atoms with E-state index < -0.39 is 5.91 Å². The average molecular weight is 246 g/mol. The zero-order chi connectivity index (χ0) is 13.0. The van der Waals surface area contributed by atoms with Gasteiger partial charge in [-0.15, -0.1) is 0 Å². The maximum atomic E-state index is 10.6. The second kappa shape index (κ2) is 5.42. The predicted molar refractivity (Wildman–Crippen MR) is 65.4 cm³/mol. The summed E-state index contributed by atoms with van der Waals surface area (Å²) in [7, 11) is 0. The van der Waals surface area contributed by atoms with Gasteiger partial charge in [-0.1, -0.05) is 29.4 Å². The van der Waals surface area contributed by atoms with Crippen LogP contribution in [-0.2, 0) is 11.3 Å². The molecular weight excluding hydrogens is 232 g/mol. The van der Waals surface area contributed by atoms with Gasteiger partial charge in [0.2, 0.25) is 17.6 Å². The molecule has 6 heteroatoms. The molecule has 0 saturated carbocycles. The van der Waals surface area contributed by atoms with Gasteiger partial charge in [-0.2, -0.15) is 4.98 Å². The predicted octanol–water partition coefficient (Wildman–Crippen LogP) is 0.620. The van der Waals surface area contributed by atoms with Crippen molar-refractivity contribution < 1.29 is 9.32 Å². The van der Waals surface area contributed by atoms with Crippen LogP contribution in [0.2, 0.25) is 0 Å². The fourth-order valence-corrected chi connectivity index (χ4v) is 1.55. The van der Waals surface area contributed by atoms with Crippen molar-refractivity contribution >= 4 is 5.91 Å². The molecule has 6 nitrogen and oxygen atoms in total. The van der Waals surface area contributed by atoms with Crippen LogP contribution >= 0.6 is 0 Å². The summed E-state index contributed by atoms with van der Waals surface area (Å²) in [5.41, 5.74) is 7.02. The molecule has 2 aromatic rings. The second-order valence-corrected chi connectivity index (χ2v) is 3.90. The Labute approximate surface area is 104 Å². The summed E-state index contributed by atoms with van der Waals surface area (Å²) in [5, 5.41) is 6.71. The van der Waals surface area contributed by atoms with Gasteiger partial charge in [0.15, 0.2) is 0 Å². The van der Waals surface area contributed by atoms with Crippen molar-refractivity contribution in [1.82, 2.24) is 15.5 Å². The minimum Gasteiger partial charge on any atom is -0.369 e. The number of aryl methyl sites for hydroxylation is 1. The van der Waals surface area contributed by atoms with Crippen LogP contribution in [0.5, 0.6) is 0 Å². The van der Waals surface area contributed by atoms with E-state index in [2.05, 4.69) is 15.5 Å². The van der Waals surface area contributed by atoms with Gasteiger partial charge in [0.1, 0.15) is 0 Å². The van der Waals surface area contributed by atoms with Crippen LogP contribution in [0.15, 0.2) is 28.8 Å². The van der Waals surface area contributed by atoms with Gasteiger partial charge in [0, 0.05) is 5.56 Å². The molecule has 0 fully saturated rings. The first-order chi connectivity index (χ1) is 8.66. The van der Waals surface area contributed by atoms with Gasteiger partial charge in [-0.05, 0) is 12.5 Å². The van der Waals surface area contributed by atoms with Gasteiger partial charge in [0.25, 0.3) is 0 Å². The summed E-state index contributed by atoms with van der Waals surface area (Å²) in [6, 6.07) is 7.79. The van der Waals surface area contributed by atoms with E-state index in [0.29, 0.717) is 18.3 Å². The summed E-state index contributed by atoms with van der Waals surface area (Å²) < 4.78 is 5.08. The summed E-state index contributed by atoms with van der Waals surface area (Å²) in [4.78, 5) is 14.8. The quantitative estimate of drug-likeness (QED) is 0.806. The smallest absolute Gasteiger partial charge is 0.240 e. The maximum absolute atomic E-state index is 10.6. The summed E-state index contributed by atoms with van der Waals surface area (Å²) in [6.07, 6.45) is 0. The highest BCUT2D eigenvalue weighted by Gasteiger charge is 2.10. The normalized spacial score (nSPS) is 10.5. The third-order valence-corrected chi connectivity index (χ3v) is 2.43. The molecule has 0 atom stereocenters. The van der Waals surface area contributed by atoms with Crippen LogP contribution in [0.25, 0.3) is 11.4 Å². The minimum absolute atomic E-state index is 0.0854. The molecular formula is C12H14N4O2. The first-order valence-electron chi connectivity index (χ1n) is 5.54. The molecule has 3 N–H and O–H groups in total. The molecule has 1 heterocycles. The topological polar surface area (TPSA) is 94.0 Å². The summed E-state index contributed by atoms with van der Waals surface area (Å²) in [5.74, 6) is 0.548. The Morgan fingerprint density at radius 2 is 2.22 bits per heavy atom. The molecule has 94 valence electrons. The highest BCUT2D eigenvalue weighted by atomic mass is 16.5. The van der Waals surface area contributed by atoms with Crippen LogP contribution in [0.4, 0.5) is 0 Å². The molecule has 0 bridgehead atoms. The molecule has 0 saturated heterocycles. The van der Waals surface area contributed by atoms with E-state index in [-0.39, 0.29) is 6.54 Å². The maximum Gasteiger partial charge on any atom is 0.240 e. The number of nitrogens with two attached hydrogens (primary N) is 1. The van der Waals surface area contributed by atoms with E-state index in [4.69, 9.17) is 10.3 Å². The second-order valence-electron chi connectivity index (χ2n) is 3.90. The lowest BCUT2D eigenvalue weighted by atomic mass is 10.1. The molecule has 0 aliphatic heterocycles. The van der Waals surface area contributed by atoms with Gasteiger partial charge in [-0.3, -0.25) is 10.1 Å². The number of primary amides is 1. The number of carbonyl (C=O) groups excluding carboxylic acids is 1. The highest BCUT2D eigenvalue weighted by molar-refractivity contribution is 5.75. The molecule has 1 amide bonds. The van der Waals surface area contributed by atoms with E-state index in [1.165, 1.54) is 0 Å². The number of benzene rings is 1. The average Bonchev–Trinajstić information content (AvgIpc) is 2.78. The zero-order valence-electron chi connectivity index (χ0n) is 10.0. The molecule has 0 aliphatic carbocycles. The number of aromatic nitrogens is 2. The molecule has 1 aromatic carbocycles. The Morgan fingerprint density at radius 3 is 2.94 bits per heavy atom. The van der Waals surface area contributed by atoms with Crippen molar-refractivity contribution in [2.24, 2.45) is 5.73 Å². The van der Waals surface area contributed by atoms with Crippen LogP contribution in [0.1, 0.15) is 11.5 Å². The minimum atomic E-state index is -0.423. The summed E-state index contributed by atoms with van der Waals surface area (Å²) >= 11 is 0. The molecule has 2 rings (SSSR count). The van der Waals surface area contributed by atoms with Crippen LogP contribution in [0, 0.1) is 6.92 Å². The lowest BCUT2D eigenvalue weighted by Crippen LogP contribution is -2.28. The van der Waals surface area contributed by atoms with Gasteiger partial charge in [0.05, 0.1) is 13.1 Å². The number of hydrogen-bond acceptors (Lipinski definition) is 5. The van der Waals surface area contributed by atoms with Crippen molar-refractivity contribution in [3.05, 3.63) is 35.7 Å². The van der Waals surface area contributed by atoms with E-state index in [1.807, 2.05) is 31.2 Å². The van der Waals surface area contributed by atoms with Gasteiger partial charge < -0.3 is 10.3 Å². The van der Waals surface area contributed by atoms with Crippen molar-refractivity contribution in [2.45, 2.75) is 13.5 Å². The summed E-state index contributed by atoms with van der Waals surface area (Å²) in [6.45, 7) is 2.39. The molecule has 0 aliphatic rings. The first-order valence-corrected chi connectivity index (χ1v) is 5.54. The standard InChI is InChI=1S/C12H14N4O2/c1-8-4-2-3-5-9(8)12-15-11(18-16-12)7-14-6-10(13)17/h2-5,14H,6-7H2,1H3,(H2,13,17). The third-order valence-electron chi connectivity index (χ3n) is 2.43. The van der Waals surface area contributed by atoms with Crippen molar-refractivity contribution in [2.75, 3.05) is 6.54 Å². The van der Waals surface area contributed by atoms with E-state index >= 15 is 0 Å². The fraction of sp³-hybridized carbons (Fsp3) is 0.250. The SMILES string of the molecule is Cc1ccccc1-c1noc(CNCC(N)=O)n1. The Balaban J connectivity index is 2.06. The number of amides is 1. The Kier molecular flexibility index (Phi) is 3.69. The van der Waals surface area contributed by atoms with Crippen LogP contribution < -0.4 is 11.1 Å². The van der Waals surface area contributed by atoms with Crippen LogP contribution in [-0.4, -0.2) is 22.6 Å².